The number of pyridine rings is 1. The Balaban J connectivity index is 1.38. The van der Waals surface area contributed by atoms with Gasteiger partial charge in [-0.3, -0.25) is 0 Å². The van der Waals surface area contributed by atoms with Gasteiger partial charge in [-0.05, 0) is 44.4 Å². The van der Waals surface area contributed by atoms with Crippen LogP contribution in [0.25, 0.3) is 0 Å². The molecule has 0 aromatic carbocycles. The average molecular weight is 431 g/mol. The molecule has 0 bridgehead atoms. The van der Waals surface area contributed by atoms with Crippen LogP contribution in [0.1, 0.15) is 57.9 Å². The summed E-state index contributed by atoms with van der Waals surface area (Å²) in [6.45, 7) is 13.0. The number of nitrogens with one attached hydrogen (secondary N) is 2. The number of ether oxygens (including phenoxy) is 1. The van der Waals surface area contributed by atoms with Crippen molar-refractivity contribution in [1.29, 1.82) is 0 Å². The molecule has 174 valence electrons. The van der Waals surface area contributed by atoms with E-state index < -0.39 is 0 Å². The van der Waals surface area contributed by atoms with Crippen molar-refractivity contribution in [3.8, 4) is 0 Å². The summed E-state index contributed by atoms with van der Waals surface area (Å²) in [5.41, 5.74) is 1.13. The third kappa shape index (κ3) is 8.30. The molecule has 31 heavy (non-hydrogen) atoms. The maximum Gasteiger partial charge on any atom is 0.191 e. The zero-order valence-electron chi connectivity index (χ0n) is 19.6. The van der Waals surface area contributed by atoms with E-state index in [1.54, 1.807) is 0 Å². The SMILES string of the molecule is CCNC(=NCc1ccc(N2CCN(CC)CC2)nc1)NCCCOC1CCCCC1. The zero-order chi connectivity index (χ0) is 21.7. The van der Waals surface area contributed by atoms with Gasteiger partial charge in [0.15, 0.2) is 5.96 Å². The van der Waals surface area contributed by atoms with E-state index in [2.05, 4.69) is 51.4 Å². The molecule has 2 N–H and O–H groups in total. The summed E-state index contributed by atoms with van der Waals surface area (Å²) < 4.78 is 6.01. The van der Waals surface area contributed by atoms with Crippen LogP contribution >= 0.6 is 0 Å². The maximum absolute atomic E-state index is 6.01. The standard InChI is InChI=1S/C24H42N6O/c1-3-25-24(26-13-8-18-31-22-9-6-5-7-10-22)28-20-21-11-12-23(27-19-21)30-16-14-29(4-2)15-17-30/h11-12,19,22H,3-10,13-18,20H2,1-2H3,(H2,25,26,28). The molecule has 2 heterocycles. The van der Waals surface area contributed by atoms with Gasteiger partial charge in [0.1, 0.15) is 5.82 Å². The quantitative estimate of drug-likeness (QED) is 0.338. The zero-order valence-corrected chi connectivity index (χ0v) is 19.6. The highest BCUT2D eigenvalue weighted by molar-refractivity contribution is 5.79. The minimum absolute atomic E-state index is 0.488. The molecule has 7 nitrogen and oxygen atoms in total. The largest absolute Gasteiger partial charge is 0.378 e. The molecule has 0 amide bonds. The van der Waals surface area contributed by atoms with Crippen molar-refractivity contribution in [2.75, 3.05) is 57.3 Å². The van der Waals surface area contributed by atoms with Crippen molar-refractivity contribution >= 4 is 11.8 Å². The summed E-state index contributed by atoms with van der Waals surface area (Å²) in [6, 6.07) is 4.29. The normalized spacial score (nSPS) is 18.9. The first kappa shape index (κ1) is 23.8. The highest BCUT2D eigenvalue weighted by atomic mass is 16.5. The molecular weight excluding hydrogens is 388 g/mol. The lowest BCUT2D eigenvalue weighted by molar-refractivity contribution is 0.0277. The topological polar surface area (TPSA) is 65.0 Å². The van der Waals surface area contributed by atoms with Crippen LogP contribution in [0.2, 0.25) is 0 Å². The molecule has 0 unspecified atom stereocenters. The third-order valence-electron chi connectivity index (χ3n) is 6.24. The molecule has 1 aliphatic heterocycles. The van der Waals surface area contributed by atoms with E-state index in [1.165, 1.54) is 32.1 Å². The fourth-order valence-electron chi connectivity index (χ4n) is 4.26. The fourth-order valence-corrected chi connectivity index (χ4v) is 4.26. The lowest BCUT2D eigenvalue weighted by Gasteiger charge is -2.34. The maximum atomic E-state index is 6.01. The molecule has 1 aromatic heterocycles. The van der Waals surface area contributed by atoms with E-state index in [0.717, 1.165) is 76.2 Å². The Morgan fingerprint density at radius 2 is 1.90 bits per heavy atom. The van der Waals surface area contributed by atoms with Crippen LogP contribution in [0.15, 0.2) is 23.3 Å². The number of aliphatic imine (C=N–C) groups is 1. The number of aromatic nitrogens is 1. The van der Waals surface area contributed by atoms with Crippen molar-refractivity contribution in [3.05, 3.63) is 23.9 Å². The first-order valence-electron chi connectivity index (χ1n) is 12.3. The van der Waals surface area contributed by atoms with Crippen molar-refractivity contribution in [3.63, 3.8) is 0 Å². The lowest BCUT2D eigenvalue weighted by Crippen LogP contribution is -2.46. The predicted octanol–water partition coefficient (Wildman–Crippen LogP) is 3.02. The second-order valence-corrected chi connectivity index (χ2v) is 8.55. The lowest BCUT2D eigenvalue weighted by atomic mass is 9.98. The Morgan fingerprint density at radius 1 is 1.10 bits per heavy atom. The summed E-state index contributed by atoms with van der Waals surface area (Å²) in [7, 11) is 0. The van der Waals surface area contributed by atoms with Crippen LogP contribution in [0.4, 0.5) is 5.82 Å². The predicted molar refractivity (Wildman–Crippen MR) is 129 cm³/mol. The summed E-state index contributed by atoms with van der Waals surface area (Å²) >= 11 is 0. The van der Waals surface area contributed by atoms with E-state index in [9.17, 15) is 0 Å². The fraction of sp³-hybridized carbons (Fsp3) is 0.750. The van der Waals surface area contributed by atoms with Crippen molar-refractivity contribution in [1.82, 2.24) is 20.5 Å². The number of hydrogen-bond acceptors (Lipinski definition) is 5. The minimum Gasteiger partial charge on any atom is -0.378 e. The Labute approximate surface area is 188 Å². The average Bonchev–Trinajstić information content (AvgIpc) is 2.83. The van der Waals surface area contributed by atoms with Crippen LogP contribution in [-0.2, 0) is 11.3 Å². The summed E-state index contributed by atoms with van der Waals surface area (Å²) in [4.78, 5) is 14.3. The van der Waals surface area contributed by atoms with Gasteiger partial charge in [-0.2, -0.15) is 0 Å². The number of nitrogens with zero attached hydrogens (tertiary/aromatic N) is 4. The second kappa shape index (κ2) is 13.5. The molecule has 0 radical (unpaired) electrons. The monoisotopic (exact) mass is 430 g/mol. The Kier molecular flexibility index (Phi) is 10.4. The van der Waals surface area contributed by atoms with Crippen LogP contribution in [0.3, 0.4) is 0 Å². The molecule has 2 fully saturated rings. The number of likely N-dealkylation sites (N-methyl/N-ethyl adjacent to an activating group) is 1. The van der Waals surface area contributed by atoms with E-state index in [1.807, 2.05) is 6.20 Å². The van der Waals surface area contributed by atoms with Crippen LogP contribution < -0.4 is 15.5 Å². The number of hydrogen-bond donors (Lipinski definition) is 2. The molecule has 0 spiro atoms. The van der Waals surface area contributed by atoms with Gasteiger partial charge in [-0.1, -0.05) is 32.3 Å². The van der Waals surface area contributed by atoms with E-state index in [-0.39, 0.29) is 0 Å². The third-order valence-corrected chi connectivity index (χ3v) is 6.24. The van der Waals surface area contributed by atoms with E-state index in [0.29, 0.717) is 12.6 Å². The Morgan fingerprint density at radius 3 is 2.58 bits per heavy atom. The number of anilines is 1. The Hall–Kier alpha value is -1.86. The highest BCUT2D eigenvalue weighted by Gasteiger charge is 2.16. The van der Waals surface area contributed by atoms with Gasteiger partial charge >= 0.3 is 0 Å². The van der Waals surface area contributed by atoms with Crippen molar-refractivity contribution < 1.29 is 4.74 Å². The smallest absolute Gasteiger partial charge is 0.191 e. The van der Waals surface area contributed by atoms with E-state index in [4.69, 9.17) is 9.73 Å². The second-order valence-electron chi connectivity index (χ2n) is 8.55. The number of guanidine groups is 1. The summed E-state index contributed by atoms with van der Waals surface area (Å²) in [5.74, 6) is 1.94. The molecule has 1 aliphatic carbocycles. The van der Waals surface area contributed by atoms with Gasteiger partial charge in [0.05, 0.1) is 12.6 Å². The summed E-state index contributed by atoms with van der Waals surface area (Å²) in [6.07, 6.45) is 9.95. The molecule has 1 aromatic rings. The molecule has 1 saturated heterocycles. The molecule has 2 aliphatic rings. The Bertz CT molecular complexity index is 636. The van der Waals surface area contributed by atoms with Gasteiger partial charge in [-0.25, -0.2) is 9.98 Å². The molecule has 3 rings (SSSR count). The van der Waals surface area contributed by atoms with Crippen molar-refractivity contribution in [2.24, 2.45) is 4.99 Å². The van der Waals surface area contributed by atoms with Gasteiger partial charge in [-0.15, -0.1) is 0 Å². The molecule has 7 heteroatoms. The van der Waals surface area contributed by atoms with Gasteiger partial charge < -0.3 is 25.2 Å². The molecular formula is C24H42N6O. The van der Waals surface area contributed by atoms with Crippen LogP contribution in [0.5, 0.6) is 0 Å². The van der Waals surface area contributed by atoms with Gasteiger partial charge in [0.2, 0.25) is 0 Å². The number of piperazine rings is 1. The number of rotatable bonds is 10. The van der Waals surface area contributed by atoms with Crippen LogP contribution in [0, 0.1) is 0 Å². The van der Waals surface area contributed by atoms with Crippen molar-refractivity contribution in [2.45, 2.75) is 65.0 Å². The molecule has 0 atom stereocenters. The van der Waals surface area contributed by atoms with Gasteiger partial charge in [0, 0.05) is 52.1 Å². The molecule has 1 saturated carbocycles. The van der Waals surface area contributed by atoms with E-state index >= 15 is 0 Å². The summed E-state index contributed by atoms with van der Waals surface area (Å²) in [5, 5.41) is 6.76. The van der Waals surface area contributed by atoms with Gasteiger partial charge in [0.25, 0.3) is 0 Å². The minimum atomic E-state index is 0.488. The van der Waals surface area contributed by atoms with Crippen LogP contribution in [-0.4, -0.2) is 74.4 Å². The highest BCUT2D eigenvalue weighted by Crippen LogP contribution is 2.20. The first-order valence-corrected chi connectivity index (χ1v) is 12.3. The first-order chi connectivity index (χ1) is 15.3.